The highest BCUT2D eigenvalue weighted by Crippen LogP contribution is 2.44. The Hall–Kier alpha value is -3.92. The molecule has 214 valence electrons. The van der Waals surface area contributed by atoms with Crippen molar-refractivity contribution in [3.8, 4) is 17.0 Å². The van der Waals surface area contributed by atoms with Crippen LogP contribution >= 0.6 is 11.3 Å². The molecule has 1 saturated carbocycles. The fourth-order valence-corrected chi connectivity index (χ4v) is 7.27. The molecule has 1 aromatic heterocycles. The predicted molar refractivity (Wildman–Crippen MR) is 156 cm³/mol. The highest BCUT2D eigenvalue weighted by atomic mass is 32.1. The molecule has 2 amide bonds. The number of aliphatic carboxylic acids is 1. The fraction of sp³-hybridized carbons (Fsp3) is 0.419. The van der Waals surface area contributed by atoms with Gasteiger partial charge in [-0.3, -0.25) is 14.4 Å². The highest BCUT2D eigenvalue weighted by molar-refractivity contribution is 7.14. The molecular weight excluding hydrogens is 540 g/mol. The number of thiazole rings is 1. The van der Waals surface area contributed by atoms with Gasteiger partial charge in [0.05, 0.1) is 18.2 Å². The number of piperidine rings is 1. The second kappa shape index (κ2) is 11.2. The summed E-state index contributed by atoms with van der Waals surface area (Å²) in [6.07, 6.45) is 1.94. The van der Waals surface area contributed by atoms with E-state index in [1.807, 2.05) is 38.1 Å². The van der Waals surface area contributed by atoms with Crippen LogP contribution < -0.4 is 15.0 Å². The number of hydrogen-bond donors (Lipinski definition) is 2. The van der Waals surface area contributed by atoms with E-state index in [9.17, 15) is 19.5 Å². The summed E-state index contributed by atoms with van der Waals surface area (Å²) in [7, 11) is 0. The summed E-state index contributed by atoms with van der Waals surface area (Å²) in [5.74, 6) is -0.0778. The number of aromatic nitrogens is 1. The second-order valence-corrected chi connectivity index (χ2v) is 12.2. The number of piperazine rings is 1. The largest absolute Gasteiger partial charge is 0.488 e. The minimum atomic E-state index is -0.661. The monoisotopic (exact) mass is 574 g/mol. The molecule has 3 heterocycles. The van der Waals surface area contributed by atoms with Gasteiger partial charge >= 0.3 is 5.97 Å². The molecule has 3 aromatic rings. The van der Waals surface area contributed by atoms with E-state index in [4.69, 9.17) is 9.72 Å². The fourth-order valence-electron chi connectivity index (χ4n) is 6.43. The minimum absolute atomic E-state index is 0.0824. The van der Waals surface area contributed by atoms with Crippen LogP contribution in [0.15, 0.2) is 41.8 Å². The van der Waals surface area contributed by atoms with Gasteiger partial charge < -0.3 is 25.0 Å². The number of aryl methyl sites for hydroxylation is 2. The zero-order valence-electron chi connectivity index (χ0n) is 23.3. The molecule has 0 spiro atoms. The number of amides is 2. The molecule has 41 heavy (non-hydrogen) atoms. The van der Waals surface area contributed by atoms with Gasteiger partial charge in [-0.15, -0.1) is 11.3 Å². The number of carboxylic acid groups (broad SMARTS) is 1. The zero-order valence-corrected chi connectivity index (χ0v) is 24.1. The number of nitrogens with one attached hydrogen (secondary N) is 1. The molecule has 2 bridgehead atoms. The van der Waals surface area contributed by atoms with Crippen LogP contribution in [0.4, 0.5) is 5.13 Å². The van der Waals surface area contributed by atoms with E-state index in [2.05, 4.69) is 21.7 Å². The molecule has 6 rings (SSSR count). The Morgan fingerprint density at radius 2 is 1.90 bits per heavy atom. The summed E-state index contributed by atoms with van der Waals surface area (Å²) in [5, 5.41) is 15.4. The van der Waals surface area contributed by atoms with Crippen LogP contribution in [0.5, 0.6) is 5.75 Å². The van der Waals surface area contributed by atoms with Gasteiger partial charge in [0.1, 0.15) is 12.4 Å². The molecular formula is C31H34N4O5S. The first-order valence-corrected chi connectivity index (χ1v) is 15.0. The summed E-state index contributed by atoms with van der Waals surface area (Å²) in [4.78, 5) is 45.2. The second-order valence-electron chi connectivity index (χ2n) is 11.4. The lowest BCUT2D eigenvalue weighted by Crippen LogP contribution is -2.49. The van der Waals surface area contributed by atoms with Crippen LogP contribution in [0.25, 0.3) is 11.3 Å². The van der Waals surface area contributed by atoms with E-state index in [1.165, 1.54) is 0 Å². The van der Waals surface area contributed by atoms with Crippen LogP contribution in [0.3, 0.4) is 0 Å². The first kappa shape index (κ1) is 27.3. The van der Waals surface area contributed by atoms with Crippen molar-refractivity contribution in [3.05, 3.63) is 64.0 Å². The minimum Gasteiger partial charge on any atom is -0.488 e. The lowest BCUT2D eigenvalue weighted by Gasteiger charge is -2.35. The summed E-state index contributed by atoms with van der Waals surface area (Å²) >= 11 is 1.59. The first-order chi connectivity index (χ1) is 19.8. The van der Waals surface area contributed by atoms with Gasteiger partial charge in [-0.1, -0.05) is 17.7 Å². The normalized spacial score (nSPS) is 22.0. The van der Waals surface area contributed by atoms with Crippen molar-refractivity contribution in [3.63, 3.8) is 0 Å². The molecule has 10 heteroatoms. The Bertz CT molecular complexity index is 1490. The summed E-state index contributed by atoms with van der Waals surface area (Å²) in [6, 6.07) is 11.6. The highest BCUT2D eigenvalue weighted by Gasteiger charge is 2.46. The van der Waals surface area contributed by atoms with E-state index >= 15 is 0 Å². The topological polar surface area (TPSA) is 112 Å². The molecule has 2 aliphatic heterocycles. The number of carboxylic acids is 1. The van der Waals surface area contributed by atoms with Gasteiger partial charge in [-0.25, -0.2) is 4.98 Å². The summed E-state index contributed by atoms with van der Waals surface area (Å²) in [5.41, 5.74) is 5.35. The Morgan fingerprint density at radius 3 is 2.61 bits per heavy atom. The van der Waals surface area contributed by atoms with Crippen molar-refractivity contribution in [2.75, 3.05) is 37.6 Å². The maximum absolute atomic E-state index is 12.9. The molecule has 3 fully saturated rings. The van der Waals surface area contributed by atoms with Crippen molar-refractivity contribution >= 4 is 34.3 Å². The molecule has 2 N–H and O–H groups in total. The Labute approximate surface area is 243 Å². The molecule has 0 radical (unpaired) electrons. The number of rotatable bonds is 7. The SMILES string of the molecule is Cc1ccc(OCc2ccc(C(=O)N3CCNC(=O)C3)cc2C)c(-c2csc(N3C[C@H]4CC[C@@H](C3)C4C(=O)O)n2)c1. The lowest BCUT2D eigenvalue weighted by atomic mass is 9.85. The maximum Gasteiger partial charge on any atom is 0.307 e. The van der Waals surface area contributed by atoms with Crippen LogP contribution in [0.1, 0.15) is 39.9 Å². The molecule has 2 saturated heterocycles. The van der Waals surface area contributed by atoms with Crippen molar-refractivity contribution in [1.29, 1.82) is 0 Å². The van der Waals surface area contributed by atoms with Crippen molar-refractivity contribution in [2.45, 2.75) is 33.3 Å². The van der Waals surface area contributed by atoms with Crippen LogP contribution in [-0.2, 0) is 16.2 Å². The smallest absolute Gasteiger partial charge is 0.307 e. The van der Waals surface area contributed by atoms with E-state index in [0.717, 1.165) is 64.8 Å². The standard InChI is InChI=1S/C31H34N4O5S/c1-18-3-8-26(40-16-23-7-4-20(12-19(23)2)29(37)34-10-9-32-27(36)15-34)24(11-18)25-17-41-31(33-25)35-13-21-5-6-22(14-35)28(21)30(38)39/h3-4,7-8,11-12,17,21-22,28H,5-6,9-10,13-16H2,1-2H3,(H,32,36)(H,38,39)/t21-,22+,28?. The van der Waals surface area contributed by atoms with E-state index in [-0.39, 0.29) is 36.1 Å². The van der Waals surface area contributed by atoms with E-state index in [1.54, 1.807) is 22.3 Å². The third kappa shape index (κ3) is 5.53. The average molecular weight is 575 g/mol. The number of carbonyl (C=O) groups excluding carboxylic acids is 2. The third-order valence-corrected chi connectivity index (χ3v) is 9.49. The number of anilines is 1. The van der Waals surface area contributed by atoms with Gasteiger partial charge in [-0.05, 0) is 73.9 Å². The number of ether oxygens (including phenoxy) is 1. The molecule has 3 aliphatic rings. The van der Waals surface area contributed by atoms with Crippen molar-refractivity contribution < 1.29 is 24.2 Å². The Morgan fingerprint density at radius 1 is 1.12 bits per heavy atom. The zero-order chi connectivity index (χ0) is 28.7. The Kier molecular flexibility index (Phi) is 7.42. The van der Waals surface area contributed by atoms with E-state index < -0.39 is 5.97 Å². The molecule has 3 atom stereocenters. The molecule has 2 aromatic carbocycles. The molecule has 1 unspecified atom stereocenters. The lowest BCUT2D eigenvalue weighted by molar-refractivity contribution is -0.144. The number of hydrogen-bond acceptors (Lipinski definition) is 7. The van der Waals surface area contributed by atoms with Crippen molar-refractivity contribution in [2.24, 2.45) is 17.8 Å². The number of carbonyl (C=O) groups is 3. The quantitative estimate of drug-likeness (QED) is 0.437. The van der Waals surface area contributed by atoms with E-state index in [0.29, 0.717) is 25.3 Å². The first-order valence-electron chi connectivity index (χ1n) is 14.1. The number of benzene rings is 2. The third-order valence-electron chi connectivity index (χ3n) is 8.59. The maximum atomic E-state index is 12.9. The average Bonchev–Trinajstić information content (AvgIpc) is 3.55. The number of fused-ring (bicyclic) bond motifs is 2. The molecule has 9 nitrogen and oxygen atoms in total. The van der Waals surface area contributed by atoms with Crippen molar-refractivity contribution in [1.82, 2.24) is 15.2 Å². The number of nitrogens with zero attached hydrogens (tertiary/aromatic N) is 3. The van der Waals surface area contributed by atoms with Crippen LogP contribution in [0.2, 0.25) is 0 Å². The van der Waals surface area contributed by atoms with Gasteiger partial charge in [0.15, 0.2) is 5.13 Å². The van der Waals surface area contributed by atoms with Gasteiger partial charge in [0, 0.05) is 42.7 Å². The Balaban J connectivity index is 1.16. The van der Waals surface area contributed by atoms with Gasteiger partial charge in [0.2, 0.25) is 5.91 Å². The predicted octanol–water partition coefficient (Wildman–Crippen LogP) is 4.12. The van der Waals surface area contributed by atoms with Gasteiger partial charge in [-0.2, -0.15) is 0 Å². The summed E-state index contributed by atoms with van der Waals surface area (Å²) in [6.45, 7) is 6.87. The molecule has 1 aliphatic carbocycles. The van der Waals surface area contributed by atoms with Crippen LogP contribution in [-0.4, -0.2) is 65.5 Å². The summed E-state index contributed by atoms with van der Waals surface area (Å²) < 4.78 is 6.32. The van der Waals surface area contributed by atoms with Crippen LogP contribution in [0, 0.1) is 31.6 Å². The van der Waals surface area contributed by atoms with Gasteiger partial charge in [0.25, 0.3) is 5.91 Å².